The Morgan fingerprint density at radius 1 is 1.33 bits per heavy atom. The largest absolute Gasteiger partial charge is 0.387 e. The maximum absolute atomic E-state index is 11.6. The number of rotatable bonds is 7. The summed E-state index contributed by atoms with van der Waals surface area (Å²) in [5.74, 6) is -0.324. The molecule has 1 saturated carbocycles. The van der Waals surface area contributed by atoms with E-state index in [1.165, 1.54) is 0 Å². The van der Waals surface area contributed by atoms with Gasteiger partial charge in [-0.2, -0.15) is 0 Å². The van der Waals surface area contributed by atoms with E-state index in [9.17, 15) is 18.3 Å². The summed E-state index contributed by atoms with van der Waals surface area (Å²) in [5.41, 5.74) is 4.35. The van der Waals surface area contributed by atoms with Crippen LogP contribution in [0.1, 0.15) is 19.3 Å². The highest BCUT2D eigenvalue weighted by Gasteiger charge is 2.51. The molecule has 1 saturated heterocycles. The Hall–Kier alpha value is -0.660. The predicted molar refractivity (Wildman–Crippen MR) is 66.6 cm³/mol. The van der Waals surface area contributed by atoms with Crippen LogP contribution in [0.3, 0.4) is 0 Å². The summed E-state index contributed by atoms with van der Waals surface area (Å²) in [7, 11) is -3.21. The molecule has 7 heteroatoms. The normalized spacial score (nSPS) is 23.6. The average molecular weight is 276 g/mol. The Morgan fingerprint density at radius 3 is 2.44 bits per heavy atom. The van der Waals surface area contributed by atoms with E-state index >= 15 is 0 Å². The molecule has 1 amide bonds. The lowest BCUT2D eigenvalue weighted by Gasteiger charge is -2.47. The zero-order chi connectivity index (χ0) is 13.4. The maximum Gasteiger partial charge on any atom is 0.218 e. The molecule has 2 aliphatic rings. The molecule has 3 N–H and O–H groups in total. The lowest BCUT2D eigenvalue weighted by atomic mass is 9.89. The highest BCUT2D eigenvalue weighted by molar-refractivity contribution is 7.91. The van der Waals surface area contributed by atoms with Gasteiger partial charge >= 0.3 is 0 Å². The van der Waals surface area contributed by atoms with Crippen LogP contribution in [0.25, 0.3) is 0 Å². The Kier molecular flexibility index (Phi) is 3.66. The Bertz CT molecular complexity index is 424. The molecule has 0 radical (unpaired) electrons. The van der Waals surface area contributed by atoms with Crippen molar-refractivity contribution in [3.63, 3.8) is 0 Å². The van der Waals surface area contributed by atoms with Crippen LogP contribution in [0.15, 0.2) is 0 Å². The minimum atomic E-state index is -3.21. The lowest BCUT2D eigenvalue weighted by molar-refractivity contribution is -0.117. The van der Waals surface area contributed by atoms with Crippen LogP contribution >= 0.6 is 0 Å². The predicted octanol–water partition coefficient (Wildman–Crippen LogP) is -1.27. The van der Waals surface area contributed by atoms with Gasteiger partial charge in [-0.05, 0) is 18.8 Å². The minimum Gasteiger partial charge on any atom is -0.387 e. The molecule has 0 spiro atoms. The first-order valence-electron chi connectivity index (χ1n) is 6.24. The molecule has 0 bridgehead atoms. The summed E-state index contributed by atoms with van der Waals surface area (Å²) in [6.07, 6.45) is 2.05. The van der Waals surface area contributed by atoms with E-state index in [0.29, 0.717) is 25.6 Å². The summed E-state index contributed by atoms with van der Waals surface area (Å²) >= 11 is 0. The quantitative estimate of drug-likeness (QED) is 0.604. The topological polar surface area (TPSA) is 101 Å². The van der Waals surface area contributed by atoms with E-state index in [4.69, 9.17) is 5.73 Å². The Balaban J connectivity index is 1.68. The first kappa shape index (κ1) is 13.8. The van der Waals surface area contributed by atoms with E-state index in [2.05, 4.69) is 0 Å². The van der Waals surface area contributed by atoms with Crippen molar-refractivity contribution in [1.29, 1.82) is 0 Å². The number of nitrogens with zero attached hydrogens (tertiary/aromatic N) is 1. The summed E-state index contributed by atoms with van der Waals surface area (Å²) in [5, 5.41) is 10.1. The van der Waals surface area contributed by atoms with Crippen molar-refractivity contribution in [2.24, 2.45) is 11.7 Å². The van der Waals surface area contributed by atoms with Crippen LogP contribution in [0.4, 0.5) is 0 Å². The number of β-amino-alcohol motifs (C(OH)–C–C–N with tert-alkyl or cyclic N) is 1. The monoisotopic (exact) mass is 276 g/mol. The van der Waals surface area contributed by atoms with E-state index in [1.807, 2.05) is 4.90 Å². The number of carbonyl (C=O) groups is 1. The van der Waals surface area contributed by atoms with Gasteiger partial charge in [-0.15, -0.1) is 0 Å². The third-order valence-electron chi connectivity index (χ3n) is 3.71. The summed E-state index contributed by atoms with van der Waals surface area (Å²) in [4.78, 5) is 12.5. The van der Waals surface area contributed by atoms with Gasteiger partial charge < -0.3 is 10.8 Å². The molecule has 2 rings (SSSR count). The van der Waals surface area contributed by atoms with Crippen LogP contribution in [0, 0.1) is 5.92 Å². The first-order chi connectivity index (χ1) is 8.31. The van der Waals surface area contributed by atoms with Gasteiger partial charge in [0.15, 0.2) is 9.84 Å². The van der Waals surface area contributed by atoms with Gasteiger partial charge in [-0.25, -0.2) is 8.42 Å². The highest BCUT2D eigenvalue weighted by Crippen LogP contribution is 2.44. The minimum absolute atomic E-state index is 0.0288. The van der Waals surface area contributed by atoms with Crippen molar-refractivity contribution in [3.8, 4) is 0 Å². The fourth-order valence-electron chi connectivity index (χ4n) is 2.39. The van der Waals surface area contributed by atoms with Crippen molar-refractivity contribution < 1.29 is 18.3 Å². The first-order valence-corrected chi connectivity index (χ1v) is 8.06. The lowest BCUT2D eigenvalue weighted by Crippen LogP contribution is -2.63. The number of amides is 1. The standard InChI is InChI=1S/C11H20N2O4S/c12-10(14)3-5-18(16,17)6-4-13-7-11(15,8-13)9-1-2-9/h9,15H,1-8H2,(H2,12,14). The molecular weight excluding hydrogens is 256 g/mol. The maximum atomic E-state index is 11.6. The number of hydrogen-bond acceptors (Lipinski definition) is 5. The number of carbonyl (C=O) groups excluding carboxylic acids is 1. The van der Waals surface area contributed by atoms with E-state index in [0.717, 1.165) is 12.8 Å². The van der Waals surface area contributed by atoms with Gasteiger partial charge in [0.1, 0.15) is 0 Å². The molecule has 1 aliphatic carbocycles. The second-order valence-electron chi connectivity index (χ2n) is 5.46. The molecule has 2 fully saturated rings. The summed E-state index contributed by atoms with van der Waals surface area (Å²) in [6, 6.07) is 0. The zero-order valence-corrected chi connectivity index (χ0v) is 11.2. The fourth-order valence-corrected chi connectivity index (χ4v) is 3.64. The van der Waals surface area contributed by atoms with E-state index in [-0.39, 0.29) is 17.9 Å². The second kappa shape index (κ2) is 4.79. The number of aliphatic hydroxyl groups is 1. The molecule has 1 aliphatic heterocycles. The number of nitrogens with two attached hydrogens (primary N) is 1. The van der Waals surface area contributed by atoms with Crippen LogP contribution in [0.5, 0.6) is 0 Å². The highest BCUT2D eigenvalue weighted by atomic mass is 32.2. The van der Waals surface area contributed by atoms with Crippen molar-refractivity contribution in [2.45, 2.75) is 24.9 Å². The van der Waals surface area contributed by atoms with Crippen LogP contribution in [-0.2, 0) is 14.6 Å². The molecule has 0 unspecified atom stereocenters. The number of hydrogen-bond donors (Lipinski definition) is 2. The Morgan fingerprint density at radius 2 is 1.94 bits per heavy atom. The van der Waals surface area contributed by atoms with E-state index < -0.39 is 21.3 Å². The molecule has 1 heterocycles. The van der Waals surface area contributed by atoms with Gasteiger partial charge in [-0.3, -0.25) is 9.69 Å². The van der Waals surface area contributed by atoms with Gasteiger partial charge in [0.25, 0.3) is 0 Å². The zero-order valence-electron chi connectivity index (χ0n) is 10.3. The van der Waals surface area contributed by atoms with Crippen molar-refractivity contribution >= 4 is 15.7 Å². The van der Waals surface area contributed by atoms with Crippen LogP contribution in [0.2, 0.25) is 0 Å². The molecule has 0 aromatic heterocycles. The van der Waals surface area contributed by atoms with Gasteiger partial charge in [-0.1, -0.05) is 0 Å². The van der Waals surface area contributed by atoms with Crippen molar-refractivity contribution in [3.05, 3.63) is 0 Å². The van der Waals surface area contributed by atoms with Gasteiger partial charge in [0.2, 0.25) is 5.91 Å². The number of sulfone groups is 1. The van der Waals surface area contributed by atoms with Crippen LogP contribution in [-0.4, -0.2) is 61.1 Å². The fraction of sp³-hybridized carbons (Fsp3) is 0.909. The third-order valence-corrected chi connectivity index (χ3v) is 5.34. The summed E-state index contributed by atoms with van der Waals surface area (Å²) in [6.45, 7) is 1.57. The molecule has 18 heavy (non-hydrogen) atoms. The van der Waals surface area contributed by atoms with Crippen LogP contribution < -0.4 is 5.73 Å². The summed E-state index contributed by atoms with van der Waals surface area (Å²) < 4.78 is 23.2. The number of primary amides is 1. The SMILES string of the molecule is NC(=O)CCS(=O)(=O)CCN1CC(O)(C2CC2)C1. The third kappa shape index (κ3) is 3.43. The smallest absolute Gasteiger partial charge is 0.218 e. The van der Waals surface area contributed by atoms with Gasteiger partial charge in [0.05, 0.1) is 17.1 Å². The molecule has 104 valence electrons. The van der Waals surface area contributed by atoms with Crippen molar-refractivity contribution in [2.75, 3.05) is 31.1 Å². The second-order valence-corrected chi connectivity index (χ2v) is 7.76. The van der Waals surface area contributed by atoms with Crippen molar-refractivity contribution in [1.82, 2.24) is 4.90 Å². The average Bonchev–Trinajstić information content (AvgIpc) is 3.04. The van der Waals surface area contributed by atoms with E-state index in [1.54, 1.807) is 0 Å². The Labute approximate surface area is 107 Å². The molecular formula is C11H20N2O4S. The molecule has 6 nitrogen and oxygen atoms in total. The molecule has 0 aromatic rings. The number of likely N-dealkylation sites (tertiary alicyclic amines) is 1. The van der Waals surface area contributed by atoms with Gasteiger partial charge in [0, 0.05) is 26.1 Å². The molecule has 0 aromatic carbocycles. The molecule has 0 atom stereocenters.